The molecule has 0 bridgehead atoms. The molecule has 0 saturated carbocycles. The molecule has 1 aromatic carbocycles. The Morgan fingerprint density at radius 2 is 1.83 bits per heavy atom. The van der Waals surface area contributed by atoms with Gasteiger partial charge in [0.2, 0.25) is 0 Å². The molecule has 0 aliphatic carbocycles. The van der Waals surface area contributed by atoms with E-state index in [2.05, 4.69) is 24.4 Å². The molecule has 0 amide bonds. The van der Waals surface area contributed by atoms with Crippen LogP contribution >= 0.6 is 23.5 Å². The first-order valence-electron chi connectivity index (χ1n) is 6.39. The molecule has 1 aliphatic heterocycles. The number of hydrogen-bond acceptors (Lipinski definition) is 4. The summed E-state index contributed by atoms with van der Waals surface area (Å²) in [5, 5.41) is 13.6. The van der Waals surface area contributed by atoms with Gasteiger partial charge in [-0.15, -0.1) is 0 Å². The average Bonchev–Trinajstić information content (AvgIpc) is 2.65. The van der Waals surface area contributed by atoms with E-state index in [9.17, 15) is 5.11 Å². The molecule has 0 radical (unpaired) electrons. The molecule has 1 fully saturated rings. The lowest BCUT2D eigenvalue weighted by Gasteiger charge is -2.18. The largest absolute Gasteiger partial charge is 0.387 e. The summed E-state index contributed by atoms with van der Waals surface area (Å²) in [5.41, 5.74) is 2.23. The van der Waals surface area contributed by atoms with E-state index in [0.29, 0.717) is 12.6 Å². The fourth-order valence-electron chi connectivity index (χ4n) is 1.92. The van der Waals surface area contributed by atoms with Gasteiger partial charge in [0.1, 0.15) is 0 Å². The quantitative estimate of drug-likeness (QED) is 0.889. The molecule has 1 aromatic rings. The summed E-state index contributed by atoms with van der Waals surface area (Å²) in [6, 6.07) is 8.66. The van der Waals surface area contributed by atoms with Crippen LogP contribution in [0, 0.1) is 6.92 Å². The van der Waals surface area contributed by atoms with Gasteiger partial charge in [-0.2, -0.15) is 23.5 Å². The molecule has 1 unspecified atom stereocenters. The smallest absolute Gasteiger partial charge is 0.0914 e. The van der Waals surface area contributed by atoms with Gasteiger partial charge in [0, 0.05) is 35.6 Å². The standard InChI is InChI=1S/C14H21NOS2/c1-11-2-4-12(5-3-11)14(16)8-15-13-9-17-6-7-18-10-13/h2-5,13-16H,6-10H2,1H3. The third-order valence-corrected chi connectivity index (χ3v) is 5.59. The molecule has 1 aliphatic rings. The Labute approximate surface area is 118 Å². The van der Waals surface area contributed by atoms with E-state index < -0.39 is 6.10 Å². The first-order valence-corrected chi connectivity index (χ1v) is 8.70. The van der Waals surface area contributed by atoms with Crippen molar-refractivity contribution in [2.75, 3.05) is 29.6 Å². The van der Waals surface area contributed by atoms with E-state index in [1.54, 1.807) is 0 Å². The molecular formula is C14H21NOS2. The zero-order valence-electron chi connectivity index (χ0n) is 10.8. The molecule has 4 heteroatoms. The van der Waals surface area contributed by atoms with Gasteiger partial charge in [-0.25, -0.2) is 0 Å². The van der Waals surface area contributed by atoms with Crippen molar-refractivity contribution in [1.29, 1.82) is 0 Å². The van der Waals surface area contributed by atoms with Crippen LogP contribution in [0.1, 0.15) is 17.2 Å². The maximum atomic E-state index is 10.1. The van der Waals surface area contributed by atoms with Crippen molar-refractivity contribution in [2.24, 2.45) is 0 Å². The minimum absolute atomic E-state index is 0.399. The summed E-state index contributed by atoms with van der Waals surface area (Å²) in [7, 11) is 0. The summed E-state index contributed by atoms with van der Waals surface area (Å²) in [5.74, 6) is 4.83. The molecule has 1 saturated heterocycles. The Morgan fingerprint density at radius 3 is 2.44 bits per heavy atom. The highest BCUT2D eigenvalue weighted by atomic mass is 32.2. The van der Waals surface area contributed by atoms with Gasteiger partial charge in [-0.1, -0.05) is 29.8 Å². The van der Waals surface area contributed by atoms with E-state index in [0.717, 1.165) is 17.1 Å². The van der Waals surface area contributed by atoms with E-state index in [1.165, 1.54) is 17.1 Å². The number of rotatable bonds is 4. The highest BCUT2D eigenvalue weighted by Gasteiger charge is 2.14. The van der Waals surface area contributed by atoms with Crippen molar-refractivity contribution in [1.82, 2.24) is 5.32 Å². The molecule has 1 atom stereocenters. The van der Waals surface area contributed by atoms with Gasteiger partial charge >= 0.3 is 0 Å². The summed E-state index contributed by atoms with van der Waals surface area (Å²) < 4.78 is 0. The molecule has 100 valence electrons. The molecule has 1 heterocycles. The molecule has 2 N–H and O–H groups in total. The Morgan fingerprint density at radius 1 is 1.22 bits per heavy atom. The fraction of sp³-hybridized carbons (Fsp3) is 0.571. The maximum absolute atomic E-state index is 10.1. The van der Waals surface area contributed by atoms with Crippen molar-refractivity contribution < 1.29 is 5.11 Å². The topological polar surface area (TPSA) is 32.3 Å². The SMILES string of the molecule is Cc1ccc(C(O)CNC2CSCCSC2)cc1. The Balaban J connectivity index is 1.80. The predicted octanol–water partition coefficient (Wildman–Crippen LogP) is 2.47. The van der Waals surface area contributed by atoms with Gasteiger partial charge in [0.15, 0.2) is 0 Å². The third kappa shape index (κ3) is 4.50. The summed E-state index contributed by atoms with van der Waals surface area (Å²) >= 11 is 4.02. The van der Waals surface area contributed by atoms with E-state index in [-0.39, 0.29) is 0 Å². The number of benzene rings is 1. The van der Waals surface area contributed by atoms with Crippen molar-refractivity contribution in [2.45, 2.75) is 19.1 Å². The lowest BCUT2D eigenvalue weighted by atomic mass is 10.1. The van der Waals surface area contributed by atoms with Crippen LogP contribution in [0.15, 0.2) is 24.3 Å². The zero-order chi connectivity index (χ0) is 12.8. The Bertz CT molecular complexity index is 347. The second-order valence-corrected chi connectivity index (χ2v) is 6.98. The molecule has 0 spiro atoms. The number of aliphatic hydroxyl groups excluding tert-OH is 1. The molecule has 18 heavy (non-hydrogen) atoms. The van der Waals surface area contributed by atoms with Crippen molar-refractivity contribution in [3.63, 3.8) is 0 Å². The minimum Gasteiger partial charge on any atom is -0.387 e. The first-order chi connectivity index (χ1) is 8.75. The minimum atomic E-state index is -0.399. The summed E-state index contributed by atoms with van der Waals surface area (Å²) in [6.07, 6.45) is -0.399. The lowest BCUT2D eigenvalue weighted by molar-refractivity contribution is 0.172. The highest BCUT2D eigenvalue weighted by molar-refractivity contribution is 8.03. The van der Waals surface area contributed by atoms with E-state index >= 15 is 0 Å². The summed E-state index contributed by atoms with van der Waals surface area (Å²) in [6.45, 7) is 2.71. The maximum Gasteiger partial charge on any atom is 0.0914 e. The first kappa shape index (κ1) is 14.3. The number of aliphatic hydroxyl groups is 1. The number of aryl methyl sites for hydroxylation is 1. The molecular weight excluding hydrogens is 262 g/mol. The monoisotopic (exact) mass is 283 g/mol. The van der Waals surface area contributed by atoms with Crippen molar-refractivity contribution in [3.05, 3.63) is 35.4 Å². The number of thioether (sulfide) groups is 2. The molecule has 0 aromatic heterocycles. The second-order valence-electron chi connectivity index (χ2n) is 4.68. The molecule has 2 nitrogen and oxygen atoms in total. The Hall–Kier alpha value is -0.160. The van der Waals surface area contributed by atoms with Crippen LogP contribution in [0.5, 0.6) is 0 Å². The van der Waals surface area contributed by atoms with Crippen LogP contribution in [-0.4, -0.2) is 40.7 Å². The zero-order valence-corrected chi connectivity index (χ0v) is 12.4. The van der Waals surface area contributed by atoms with Crippen LogP contribution < -0.4 is 5.32 Å². The van der Waals surface area contributed by atoms with Gasteiger partial charge in [0.25, 0.3) is 0 Å². The van der Waals surface area contributed by atoms with Crippen molar-refractivity contribution >= 4 is 23.5 Å². The predicted molar refractivity (Wildman–Crippen MR) is 82.6 cm³/mol. The van der Waals surface area contributed by atoms with Gasteiger partial charge in [0.05, 0.1) is 6.10 Å². The molecule has 2 rings (SSSR count). The third-order valence-electron chi connectivity index (χ3n) is 3.07. The van der Waals surface area contributed by atoms with Gasteiger partial charge in [-0.05, 0) is 12.5 Å². The normalized spacial score (nSPS) is 19.4. The Kier molecular flexibility index (Phi) is 5.89. The van der Waals surface area contributed by atoms with E-state index in [1.807, 2.05) is 35.7 Å². The number of nitrogens with one attached hydrogen (secondary N) is 1. The van der Waals surface area contributed by atoms with Crippen LogP contribution in [0.3, 0.4) is 0 Å². The second kappa shape index (κ2) is 7.43. The van der Waals surface area contributed by atoms with E-state index in [4.69, 9.17) is 0 Å². The van der Waals surface area contributed by atoms with Gasteiger partial charge in [-0.3, -0.25) is 0 Å². The lowest BCUT2D eigenvalue weighted by Crippen LogP contribution is -2.36. The van der Waals surface area contributed by atoms with Crippen LogP contribution in [0.25, 0.3) is 0 Å². The number of hydrogen-bond donors (Lipinski definition) is 2. The van der Waals surface area contributed by atoms with Gasteiger partial charge < -0.3 is 10.4 Å². The fourth-order valence-corrected chi connectivity index (χ4v) is 4.39. The average molecular weight is 283 g/mol. The summed E-state index contributed by atoms with van der Waals surface area (Å²) in [4.78, 5) is 0. The van der Waals surface area contributed by atoms with Crippen LogP contribution in [0.4, 0.5) is 0 Å². The van der Waals surface area contributed by atoms with Crippen LogP contribution in [-0.2, 0) is 0 Å². The van der Waals surface area contributed by atoms with Crippen molar-refractivity contribution in [3.8, 4) is 0 Å². The highest BCUT2D eigenvalue weighted by Crippen LogP contribution is 2.18. The van der Waals surface area contributed by atoms with Crippen LogP contribution in [0.2, 0.25) is 0 Å².